The standard InChI is InChI=1S/C19H18Br2F2O3/c1-25-17-7-11(3-5-15(17)22)13(9-20)19(24)14(10-21)12-4-6-16(23)18(8-12)26-2/h3-8,13-14H,9-10H2,1-2H3. The number of rotatable bonds is 8. The van der Waals surface area contributed by atoms with E-state index in [2.05, 4.69) is 31.9 Å². The lowest BCUT2D eigenvalue weighted by atomic mass is 9.85. The monoisotopic (exact) mass is 490 g/mol. The van der Waals surface area contributed by atoms with Gasteiger partial charge in [-0.15, -0.1) is 0 Å². The van der Waals surface area contributed by atoms with Crippen molar-refractivity contribution >= 4 is 37.6 Å². The summed E-state index contributed by atoms with van der Waals surface area (Å²) >= 11 is 6.75. The molecule has 0 aliphatic carbocycles. The lowest BCUT2D eigenvalue weighted by molar-refractivity contribution is -0.121. The molecule has 0 heterocycles. The van der Waals surface area contributed by atoms with Crippen LogP contribution in [0.2, 0.25) is 0 Å². The molecule has 0 saturated carbocycles. The highest BCUT2D eigenvalue weighted by molar-refractivity contribution is 9.09. The van der Waals surface area contributed by atoms with Crippen molar-refractivity contribution in [3.05, 3.63) is 59.2 Å². The second kappa shape index (κ2) is 9.46. The van der Waals surface area contributed by atoms with Crippen molar-refractivity contribution in [3.63, 3.8) is 0 Å². The molecule has 0 saturated heterocycles. The van der Waals surface area contributed by atoms with Crippen molar-refractivity contribution in [2.24, 2.45) is 0 Å². The largest absolute Gasteiger partial charge is 0.494 e. The van der Waals surface area contributed by atoms with Gasteiger partial charge >= 0.3 is 0 Å². The van der Waals surface area contributed by atoms with Gasteiger partial charge in [-0.3, -0.25) is 4.79 Å². The number of benzene rings is 2. The first-order chi connectivity index (χ1) is 12.5. The summed E-state index contributed by atoms with van der Waals surface area (Å²) in [4.78, 5) is 13.1. The minimum atomic E-state index is -0.511. The van der Waals surface area contributed by atoms with Crippen molar-refractivity contribution in [1.82, 2.24) is 0 Å². The first-order valence-electron chi connectivity index (χ1n) is 7.79. The summed E-state index contributed by atoms with van der Waals surface area (Å²) in [5.41, 5.74) is 1.29. The van der Waals surface area contributed by atoms with Crippen LogP contribution in [0.3, 0.4) is 0 Å². The van der Waals surface area contributed by atoms with E-state index in [9.17, 15) is 13.6 Å². The zero-order valence-electron chi connectivity index (χ0n) is 14.3. The number of ether oxygens (including phenoxy) is 2. The predicted octanol–water partition coefficient (Wildman–Crippen LogP) is 5.21. The minimum Gasteiger partial charge on any atom is -0.494 e. The Labute approximate surface area is 167 Å². The maximum Gasteiger partial charge on any atom is 0.165 e. The Bertz CT molecular complexity index is 720. The van der Waals surface area contributed by atoms with Gasteiger partial charge in [-0.25, -0.2) is 8.78 Å². The van der Waals surface area contributed by atoms with Crippen LogP contribution in [0.15, 0.2) is 36.4 Å². The summed E-state index contributed by atoms with van der Waals surface area (Å²) in [6.07, 6.45) is 0. The van der Waals surface area contributed by atoms with Gasteiger partial charge in [0.05, 0.1) is 26.1 Å². The van der Waals surface area contributed by atoms with E-state index in [0.29, 0.717) is 21.8 Å². The quantitative estimate of drug-likeness (QED) is 0.475. The van der Waals surface area contributed by atoms with Crippen molar-refractivity contribution < 1.29 is 23.0 Å². The van der Waals surface area contributed by atoms with Gasteiger partial charge in [0.1, 0.15) is 5.78 Å². The van der Waals surface area contributed by atoms with Crippen molar-refractivity contribution in [3.8, 4) is 11.5 Å². The third-order valence-corrected chi connectivity index (χ3v) is 5.45. The van der Waals surface area contributed by atoms with Crippen LogP contribution in [-0.4, -0.2) is 30.7 Å². The van der Waals surface area contributed by atoms with Crippen LogP contribution in [0, 0.1) is 11.6 Å². The van der Waals surface area contributed by atoms with Crippen LogP contribution < -0.4 is 9.47 Å². The summed E-state index contributed by atoms with van der Waals surface area (Å²) in [6.45, 7) is 0. The Balaban J connectivity index is 2.39. The van der Waals surface area contributed by atoms with Crippen molar-refractivity contribution in [2.45, 2.75) is 11.8 Å². The highest BCUT2D eigenvalue weighted by atomic mass is 79.9. The average molecular weight is 492 g/mol. The van der Waals surface area contributed by atoms with Crippen LogP contribution in [0.1, 0.15) is 23.0 Å². The Kier molecular flexibility index (Phi) is 7.58. The number of halogens is 4. The summed E-state index contributed by atoms with van der Waals surface area (Å²) in [5, 5.41) is 0.727. The first kappa shape index (κ1) is 20.8. The maximum absolute atomic E-state index is 13.7. The molecule has 2 unspecified atom stereocenters. The van der Waals surface area contributed by atoms with Crippen molar-refractivity contribution in [1.29, 1.82) is 0 Å². The van der Waals surface area contributed by atoms with Gasteiger partial charge in [0.15, 0.2) is 23.1 Å². The normalized spacial score (nSPS) is 13.2. The number of ketones is 1. The molecule has 0 radical (unpaired) electrons. The van der Waals surface area contributed by atoms with Crippen LogP contribution in [0.5, 0.6) is 11.5 Å². The van der Waals surface area contributed by atoms with Gasteiger partial charge in [-0.05, 0) is 35.4 Å². The number of hydrogen-bond acceptors (Lipinski definition) is 3. The van der Waals surface area contributed by atoms with E-state index in [4.69, 9.17) is 9.47 Å². The molecular formula is C19H18Br2F2O3. The van der Waals surface area contributed by atoms with Gasteiger partial charge in [-0.1, -0.05) is 44.0 Å². The van der Waals surface area contributed by atoms with E-state index in [0.717, 1.165) is 0 Å². The van der Waals surface area contributed by atoms with E-state index in [1.54, 1.807) is 12.1 Å². The second-order valence-corrected chi connectivity index (χ2v) is 6.90. The molecule has 2 rings (SSSR count). The molecule has 0 aromatic heterocycles. The van der Waals surface area contributed by atoms with Crippen LogP contribution >= 0.6 is 31.9 Å². The van der Waals surface area contributed by atoms with Gasteiger partial charge in [0.25, 0.3) is 0 Å². The molecule has 140 valence electrons. The SMILES string of the molecule is COc1cc(C(CBr)C(=O)C(CBr)c2ccc(F)c(OC)c2)ccc1F. The predicted molar refractivity (Wildman–Crippen MR) is 104 cm³/mol. The Morgan fingerprint density at radius 3 is 1.58 bits per heavy atom. The molecule has 26 heavy (non-hydrogen) atoms. The zero-order valence-corrected chi connectivity index (χ0v) is 17.4. The molecule has 2 aromatic carbocycles. The summed E-state index contributed by atoms with van der Waals surface area (Å²) in [7, 11) is 2.75. The van der Waals surface area contributed by atoms with E-state index in [-0.39, 0.29) is 17.3 Å². The van der Waals surface area contributed by atoms with Crippen LogP contribution in [0.4, 0.5) is 8.78 Å². The molecule has 0 fully saturated rings. The fourth-order valence-electron chi connectivity index (χ4n) is 2.69. The Morgan fingerprint density at radius 2 is 1.27 bits per heavy atom. The van der Waals surface area contributed by atoms with Gasteiger partial charge in [-0.2, -0.15) is 0 Å². The number of Topliss-reactive ketones (excluding diaryl/α,β-unsaturated/α-hetero) is 1. The molecule has 0 aliphatic rings. The topological polar surface area (TPSA) is 35.5 Å². The lowest BCUT2D eigenvalue weighted by Crippen LogP contribution is -2.23. The molecule has 7 heteroatoms. The molecule has 0 aliphatic heterocycles. The summed E-state index contributed by atoms with van der Waals surface area (Å²) in [5.74, 6) is -1.91. The van der Waals surface area contributed by atoms with Crippen molar-refractivity contribution in [2.75, 3.05) is 24.9 Å². The molecule has 2 aromatic rings. The minimum absolute atomic E-state index is 0.0823. The smallest absolute Gasteiger partial charge is 0.165 e. The average Bonchev–Trinajstić information content (AvgIpc) is 2.65. The van der Waals surface area contributed by atoms with Gasteiger partial charge in [0.2, 0.25) is 0 Å². The van der Waals surface area contributed by atoms with Gasteiger partial charge in [0, 0.05) is 10.7 Å². The molecule has 0 bridgehead atoms. The highest BCUT2D eigenvalue weighted by Gasteiger charge is 2.29. The molecule has 0 N–H and O–H groups in total. The third-order valence-electron chi connectivity index (χ3n) is 4.15. The fourth-order valence-corrected chi connectivity index (χ4v) is 4.07. The Hall–Kier alpha value is -1.47. The van der Waals surface area contributed by atoms with E-state index < -0.39 is 23.5 Å². The third kappa shape index (κ3) is 4.43. The highest BCUT2D eigenvalue weighted by Crippen LogP contribution is 2.33. The maximum atomic E-state index is 13.7. The molecular weight excluding hydrogens is 474 g/mol. The molecule has 0 spiro atoms. The molecule has 3 nitrogen and oxygen atoms in total. The van der Waals surface area contributed by atoms with Gasteiger partial charge < -0.3 is 9.47 Å². The van der Waals surface area contributed by atoms with E-state index in [1.807, 2.05) is 0 Å². The molecule has 2 atom stereocenters. The number of carbonyl (C=O) groups is 1. The Morgan fingerprint density at radius 1 is 0.885 bits per heavy atom. The molecule has 0 amide bonds. The first-order valence-corrected chi connectivity index (χ1v) is 10.0. The summed E-state index contributed by atoms with van der Waals surface area (Å²) < 4.78 is 37.4. The van der Waals surface area contributed by atoms with E-state index >= 15 is 0 Å². The number of alkyl halides is 2. The summed E-state index contributed by atoms with van der Waals surface area (Å²) in [6, 6.07) is 8.74. The van der Waals surface area contributed by atoms with Crippen LogP contribution in [0.25, 0.3) is 0 Å². The second-order valence-electron chi connectivity index (χ2n) is 5.60. The number of carbonyl (C=O) groups excluding carboxylic acids is 1. The zero-order chi connectivity index (χ0) is 19.3. The van der Waals surface area contributed by atoms with E-state index in [1.165, 1.54) is 38.5 Å². The fraction of sp³-hybridized carbons (Fsp3) is 0.316. The lowest BCUT2D eigenvalue weighted by Gasteiger charge is -2.21. The number of hydrogen-bond donors (Lipinski definition) is 0. The number of methoxy groups -OCH3 is 2. The van der Waals surface area contributed by atoms with Crippen LogP contribution in [-0.2, 0) is 4.79 Å².